The van der Waals surface area contributed by atoms with Crippen LogP contribution in [0.4, 0.5) is 4.79 Å². The van der Waals surface area contributed by atoms with Gasteiger partial charge in [-0.15, -0.1) is 11.3 Å². The monoisotopic (exact) mass is 500 g/mol. The third kappa shape index (κ3) is 4.13. The first-order valence-electron chi connectivity index (χ1n) is 13.2. The van der Waals surface area contributed by atoms with Gasteiger partial charge >= 0.3 is 6.03 Å². The van der Waals surface area contributed by atoms with Gasteiger partial charge in [0.15, 0.2) is 4.96 Å². The van der Waals surface area contributed by atoms with Gasteiger partial charge in [0.25, 0.3) is 0 Å². The number of benzene rings is 1. The summed E-state index contributed by atoms with van der Waals surface area (Å²) in [5.41, 5.74) is 3.28. The molecule has 8 rings (SSSR count). The molecule has 7 heteroatoms. The molecule has 0 spiro atoms. The number of amides is 2. The van der Waals surface area contributed by atoms with E-state index >= 15 is 0 Å². The number of rotatable bonds is 7. The highest BCUT2D eigenvalue weighted by atomic mass is 32.1. The highest BCUT2D eigenvalue weighted by Gasteiger charge is 2.51. The van der Waals surface area contributed by atoms with E-state index in [4.69, 9.17) is 9.40 Å². The molecule has 4 aliphatic rings. The van der Waals surface area contributed by atoms with Crippen molar-refractivity contribution >= 4 is 22.3 Å². The predicted octanol–water partition coefficient (Wildman–Crippen LogP) is 6.38. The second-order valence-corrected chi connectivity index (χ2v) is 12.1. The SMILES string of the molecule is O=C(NC12CC3CC(CC(C3)C1)C2)N(CCc1csc2nc(-c3ccccc3)cn12)Cc1ccco1. The Morgan fingerprint density at radius 2 is 1.83 bits per heavy atom. The van der Waals surface area contributed by atoms with Crippen molar-refractivity contribution in [3.63, 3.8) is 0 Å². The van der Waals surface area contributed by atoms with Crippen LogP contribution in [0.3, 0.4) is 0 Å². The Labute approximate surface area is 215 Å². The van der Waals surface area contributed by atoms with Crippen LogP contribution in [0.15, 0.2) is 64.7 Å². The molecule has 1 N–H and O–H groups in total. The summed E-state index contributed by atoms with van der Waals surface area (Å²) < 4.78 is 7.81. The third-order valence-electron chi connectivity index (χ3n) is 8.62. The number of carbonyl (C=O) groups is 1. The van der Waals surface area contributed by atoms with Gasteiger partial charge in [0.05, 0.1) is 18.5 Å². The van der Waals surface area contributed by atoms with Crippen molar-refractivity contribution in [3.8, 4) is 11.3 Å². The molecule has 0 unspecified atom stereocenters. The van der Waals surface area contributed by atoms with Crippen LogP contribution < -0.4 is 5.32 Å². The van der Waals surface area contributed by atoms with Gasteiger partial charge in [-0.2, -0.15) is 0 Å². The zero-order chi connectivity index (χ0) is 24.1. The summed E-state index contributed by atoms with van der Waals surface area (Å²) in [6, 6.07) is 14.2. The Balaban J connectivity index is 1.09. The van der Waals surface area contributed by atoms with E-state index in [-0.39, 0.29) is 11.6 Å². The van der Waals surface area contributed by atoms with Crippen LogP contribution in [0.25, 0.3) is 16.2 Å². The van der Waals surface area contributed by atoms with Crippen molar-refractivity contribution < 1.29 is 9.21 Å². The second kappa shape index (κ2) is 8.80. The average Bonchev–Trinajstić information content (AvgIpc) is 3.59. The van der Waals surface area contributed by atoms with E-state index < -0.39 is 0 Å². The molecule has 0 radical (unpaired) electrons. The number of fused-ring (bicyclic) bond motifs is 1. The number of hydrogen-bond acceptors (Lipinski definition) is 4. The van der Waals surface area contributed by atoms with E-state index in [1.54, 1.807) is 17.6 Å². The number of urea groups is 1. The summed E-state index contributed by atoms with van der Waals surface area (Å²) in [6.07, 6.45) is 12.1. The molecule has 3 heterocycles. The summed E-state index contributed by atoms with van der Waals surface area (Å²) in [4.78, 5) is 21.5. The van der Waals surface area contributed by atoms with Crippen LogP contribution >= 0.6 is 11.3 Å². The van der Waals surface area contributed by atoms with Gasteiger partial charge in [-0.1, -0.05) is 30.3 Å². The number of thiazole rings is 1. The maximum atomic E-state index is 13.7. The van der Waals surface area contributed by atoms with Crippen molar-refractivity contribution in [2.45, 2.75) is 57.0 Å². The molecule has 36 heavy (non-hydrogen) atoms. The fraction of sp³-hybridized carbons (Fsp3) is 0.448. The van der Waals surface area contributed by atoms with Gasteiger partial charge in [-0.3, -0.25) is 4.40 Å². The quantitative estimate of drug-likeness (QED) is 0.320. The minimum absolute atomic E-state index is 0.00215. The van der Waals surface area contributed by atoms with Crippen molar-refractivity contribution in [3.05, 3.63) is 71.8 Å². The molecule has 6 nitrogen and oxygen atoms in total. The Bertz CT molecular complexity index is 1320. The molecule has 0 aliphatic heterocycles. The van der Waals surface area contributed by atoms with Crippen molar-refractivity contribution in [1.29, 1.82) is 0 Å². The van der Waals surface area contributed by atoms with E-state index in [1.165, 1.54) is 25.0 Å². The van der Waals surface area contributed by atoms with Crippen molar-refractivity contribution in [1.82, 2.24) is 19.6 Å². The minimum Gasteiger partial charge on any atom is -0.467 e. The fourth-order valence-electron chi connectivity index (χ4n) is 7.42. The number of furan rings is 1. The van der Waals surface area contributed by atoms with Gasteiger partial charge < -0.3 is 14.6 Å². The molecular weight excluding hydrogens is 468 g/mol. The first-order chi connectivity index (χ1) is 17.6. The highest BCUT2D eigenvalue weighted by molar-refractivity contribution is 7.15. The van der Waals surface area contributed by atoms with E-state index in [2.05, 4.69) is 33.4 Å². The molecule has 186 valence electrons. The lowest BCUT2D eigenvalue weighted by Gasteiger charge is -2.57. The smallest absolute Gasteiger partial charge is 0.318 e. The number of carbonyl (C=O) groups excluding carboxylic acids is 1. The van der Waals surface area contributed by atoms with E-state index in [1.807, 2.05) is 35.2 Å². The van der Waals surface area contributed by atoms with E-state index in [9.17, 15) is 4.79 Å². The third-order valence-corrected chi connectivity index (χ3v) is 9.50. The summed E-state index contributed by atoms with van der Waals surface area (Å²) in [6.45, 7) is 1.11. The minimum atomic E-state index is -0.00215. The average molecular weight is 501 g/mol. The maximum absolute atomic E-state index is 13.7. The Morgan fingerprint density at radius 1 is 1.08 bits per heavy atom. The van der Waals surface area contributed by atoms with E-state index in [0.29, 0.717) is 13.1 Å². The highest BCUT2D eigenvalue weighted by Crippen LogP contribution is 2.55. The molecule has 1 aromatic carbocycles. The normalized spacial score (nSPS) is 26.5. The Morgan fingerprint density at radius 3 is 2.53 bits per heavy atom. The van der Waals surface area contributed by atoms with Gasteiger partial charge in [-0.25, -0.2) is 9.78 Å². The number of nitrogens with one attached hydrogen (secondary N) is 1. The summed E-state index contributed by atoms with van der Waals surface area (Å²) >= 11 is 1.65. The maximum Gasteiger partial charge on any atom is 0.318 e. The zero-order valence-corrected chi connectivity index (χ0v) is 21.3. The molecule has 0 atom stereocenters. The zero-order valence-electron chi connectivity index (χ0n) is 20.4. The van der Waals surface area contributed by atoms with Crippen molar-refractivity contribution in [2.75, 3.05) is 6.54 Å². The molecule has 0 saturated heterocycles. The lowest BCUT2D eigenvalue weighted by molar-refractivity contribution is -0.0159. The summed E-state index contributed by atoms with van der Waals surface area (Å²) in [5, 5.41) is 5.72. The molecule has 4 saturated carbocycles. The van der Waals surface area contributed by atoms with Crippen LogP contribution in [0.1, 0.15) is 50.0 Å². The first-order valence-corrected chi connectivity index (χ1v) is 14.1. The lowest BCUT2D eigenvalue weighted by Crippen LogP contribution is -2.61. The molecule has 4 bridgehead atoms. The summed E-state index contributed by atoms with van der Waals surface area (Å²) in [5.74, 6) is 3.22. The topological polar surface area (TPSA) is 62.8 Å². The molecule has 4 fully saturated rings. The van der Waals surface area contributed by atoms with Crippen LogP contribution in [-0.2, 0) is 13.0 Å². The van der Waals surface area contributed by atoms with Crippen LogP contribution in [0, 0.1) is 17.8 Å². The number of hydrogen-bond donors (Lipinski definition) is 1. The fourth-order valence-corrected chi connectivity index (χ4v) is 8.33. The number of imidazole rings is 1. The predicted molar refractivity (Wildman–Crippen MR) is 141 cm³/mol. The molecule has 4 aliphatic carbocycles. The molecule has 3 aromatic heterocycles. The number of aromatic nitrogens is 2. The van der Waals surface area contributed by atoms with E-state index in [0.717, 1.165) is 65.4 Å². The van der Waals surface area contributed by atoms with Gasteiger partial charge in [0, 0.05) is 41.3 Å². The molecular formula is C29H32N4O2S. The Kier molecular flexibility index (Phi) is 5.42. The van der Waals surface area contributed by atoms with Crippen LogP contribution in [-0.4, -0.2) is 32.4 Å². The standard InChI is InChI=1S/C29H32N4O2S/c34-27(31-29-14-20-11-21(15-29)13-22(12-20)16-29)32(17-25-7-4-10-35-25)9-8-24-19-36-28-30-26(18-33(24)28)23-5-2-1-3-6-23/h1-7,10,18-22H,8-9,11-17H2,(H,31,34). The largest absolute Gasteiger partial charge is 0.467 e. The second-order valence-electron chi connectivity index (χ2n) is 11.3. The van der Waals surface area contributed by atoms with Crippen LogP contribution in [0.5, 0.6) is 0 Å². The van der Waals surface area contributed by atoms with Gasteiger partial charge in [0.1, 0.15) is 5.76 Å². The van der Waals surface area contributed by atoms with Gasteiger partial charge in [-0.05, 0) is 68.4 Å². The van der Waals surface area contributed by atoms with Crippen molar-refractivity contribution in [2.24, 2.45) is 17.8 Å². The molecule has 2 amide bonds. The summed E-state index contributed by atoms with van der Waals surface area (Å²) in [7, 11) is 0. The van der Waals surface area contributed by atoms with Gasteiger partial charge in [0.2, 0.25) is 0 Å². The Hall–Kier alpha value is -3.06. The lowest BCUT2D eigenvalue weighted by atomic mass is 9.53. The van der Waals surface area contributed by atoms with Crippen LogP contribution in [0.2, 0.25) is 0 Å². The first kappa shape index (κ1) is 22.2. The number of nitrogens with zero attached hydrogens (tertiary/aromatic N) is 3. The molecule has 4 aromatic rings.